The molecule has 0 saturated heterocycles. The third-order valence-electron chi connectivity index (χ3n) is 4.02. The molecule has 0 saturated carbocycles. The van der Waals surface area contributed by atoms with Crippen LogP contribution in [0, 0.1) is 0 Å². The lowest BCUT2D eigenvalue weighted by Gasteiger charge is -2.15. The lowest BCUT2D eigenvalue weighted by Crippen LogP contribution is -2.03. The second-order valence-electron chi connectivity index (χ2n) is 5.99. The lowest BCUT2D eigenvalue weighted by atomic mass is 10.2. The molecular formula is C21H17Cl4NO2. The molecule has 0 fully saturated rings. The van der Waals surface area contributed by atoms with E-state index < -0.39 is 0 Å². The number of methoxy groups -OCH3 is 1. The summed E-state index contributed by atoms with van der Waals surface area (Å²) >= 11 is 24.5. The Morgan fingerprint density at radius 2 is 1.54 bits per heavy atom. The average Bonchev–Trinajstić information content (AvgIpc) is 2.67. The number of anilines is 1. The number of hydrogen-bond acceptors (Lipinski definition) is 3. The average molecular weight is 457 g/mol. The minimum absolute atomic E-state index is 0.244. The van der Waals surface area contributed by atoms with Crippen molar-refractivity contribution >= 4 is 52.1 Å². The van der Waals surface area contributed by atoms with E-state index >= 15 is 0 Å². The van der Waals surface area contributed by atoms with E-state index in [-0.39, 0.29) is 6.61 Å². The topological polar surface area (TPSA) is 30.5 Å². The van der Waals surface area contributed by atoms with E-state index in [1.807, 2.05) is 42.5 Å². The van der Waals surface area contributed by atoms with Crippen LogP contribution in [0.25, 0.3) is 0 Å². The van der Waals surface area contributed by atoms with Crippen molar-refractivity contribution in [3.05, 3.63) is 85.8 Å². The number of halogens is 4. The molecule has 0 spiro atoms. The Balaban J connectivity index is 1.72. The molecule has 0 aliphatic heterocycles. The molecule has 0 aliphatic carbocycles. The fourth-order valence-corrected chi connectivity index (χ4v) is 3.45. The summed E-state index contributed by atoms with van der Waals surface area (Å²) in [5.74, 6) is 1.01. The summed E-state index contributed by atoms with van der Waals surface area (Å²) in [4.78, 5) is 0. The Morgan fingerprint density at radius 1 is 0.821 bits per heavy atom. The van der Waals surface area contributed by atoms with Gasteiger partial charge in [-0.25, -0.2) is 0 Å². The molecule has 146 valence electrons. The van der Waals surface area contributed by atoms with E-state index in [1.165, 1.54) is 0 Å². The highest BCUT2D eigenvalue weighted by Crippen LogP contribution is 2.37. The van der Waals surface area contributed by atoms with E-state index in [2.05, 4.69) is 5.32 Å². The van der Waals surface area contributed by atoms with Crippen LogP contribution in [0.4, 0.5) is 5.69 Å². The van der Waals surface area contributed by atoms with E-state index in [9.17, 15) is 0 Å². The summed E-state index contributed by atoms with van der Waals surface area (Å²) in [6.45, 7) is 0.815. The zero-order valence-electron chi connectivity index (χ0n) is 14.9. The van der Waals surface area contributed by atoms with Gasteiger partial charge in [-0.3, -0.25) is 0 Å². The summed E-state index contributed by atoms with van der Waals surface area (Å²) in [5, 5.41) is 5.57. The maximum Gasteiger partial charge on any atom is 0.180 e. The van der Waals surface area contributed by atoms with Gasteiger partial charge in [0.25, 0.3) is 0 Å². The van der Waals surface area contributed by atoms with Gasteiger partial charge in [0, 0.05) is 32.9 Å². The molecule has 0 radical (unpaired) electrons. The fourth-order valence-electron chi connectivity index (χ4n) is 2.58. The number of benzene rings is 3. The van der Waals surface area contributed by atoms with Crippen molar-refractivity contribution in [3.8, 4) is 11.5 Å². The van der Waals surface area contributed by atoms with Gasteiger partial charge in [0.1, 0.15) is 6.61 Å². The molecule has 0 unspecified atom stereocenters. The van der Waals surface area contributed by atoms with Crippen LogP contribution in [0.1, 0.15) is 11.1 Å². The summed E-state index contributed by atoms with van der Waals surface area (Å²) in [5.41, 5.74) is 2.71. The molecule has 3 aromatic rings. The largest absolute Gasteiger partial charge is 0.493 e. The molecule has 0 heterocycles. The van der Waals surface area contributed by atoms with Gasteiger partial charge in [-0.05, 0) is 54.1 Å². The Kier molecular flexibility index (Phi) is 7.19. The van der Waals surface area contributed by atoms with Crippen LogP contribution in [0.5, 0.6) is 11.5 Å². The van der Waals surface area contributed by atoms with Crippen molar-refractivity contribution in [3.63, 3.8) is 0 Å². The van der Waals surface area contributed by atoms with Gasteiger partial charge in [-0.15, -0.1) is 0 Å². The molecule has 0 aliphatic rings. The van der Waals surface area contributed by atoms with Crippen molar-refractivity contribution in [2.45, 2.75) is 13.2 Å². The first-order valence-electron chi connectivity index (χ1n) is 8.39. The van der Waals surface area contributed by atoms with Crippen molar-refractivity contribution in [1.29, 1.82) is 0 Å². The zero-order valence-corrected chi connectivity index (χ0v) is 18.0. The monoisotopic (exact) mass is 455 g/mol. The summed E-state index contributed by atoms with van der Waals surface area (Å²) in [6.07, 6.45) is 0. The van der Waals surface area contributed by atoms with E-state index in [1.54, 1.807) is 19.2 Å². The molecule has 1 N–H and O–H groups in total. The van der Waals surface area contributed by atoms with E-state index in [4.69, 9.17) is 55.9 Å². The molecule has 28 heavy (non-hydrogen) atoms. The number of rotatable bonds is 7. The maximum absolute atomic E-state index is 6.44. The molecular weight excluding hydrogens is 440 g/mol. The number of hydrogen-bond donors (Lipinski definition) is 1. The van der Waals surface area contributed by atoms with Crippen molar-refractivity contribution in [1.82, 2.24) is 0 Å². The maximum atomic E-state index is 6.44. The molecule has 7 heteroatoms. The van der Waals surface area contributed by atoms with Crippen LogP contribution in [0.2, 0.25) is 20.1 Å². The fraction of sp³-hybridized carbons (Fsp3) is 0.143. The minimum atomic E-state index is 0.244. The number of ether oxygens (including phenoxy) is 2. The molecule has 0 amide bonds. The first-order valence-corrected chi connectivity index (χ1v) is 9.90. The quantitative estimate of drug-likeness (QED) is 0.399. The molecule has 0 aromatic heterocycles. The van der Waals surface area contributed by atoms with E-state index in [0.29, 0.717) is 38.1 Å². The Hall–Kier alpha value is -1.78. The Labute approximate surface area is 184 Å². The highest BCUT2D eigenvalue weighted by atomic mass is 35.5. The highest BCUT2D eigenvalue weighted by Gasteiger charge is 2.13. The van der Waals surface area contributed by atoms with Gasteiger partial charge in [0.2, 0.25) is 0 Å². The second kappa shape index (κ2) is 9.62. The summed E-state index contributed by atoms with van der Waals surface area (Å²) in [7, 11) is 1.57. The van der Waals surface area contributed by atoms with Crippen molar-refractivity contribution in [2.24, 2.45) is 0 Å². The smallest absolute Gasteiger partial charge is 0.180 e. The minimum Gasteiger partial charge on any atom is -0.493 e. The first kappa shape index (κ1) is 20.9. The van der Waals surface area contributed by atoms with E-state index in [0.717, 1.165) is 16.8 Å². The Morgan fingerprint density at radius 3 is 2.21 bits per heavy atom. The van der Waals surface area contributed by atoms with Gasteiger partial charge < -0.3 is 14.8 Å². The Bertz CT molecular complexity index is 961. The van der Waals surface area contributed by atoms with Gasteiger partial charge in [0.05, 0.1) is 12.1 Å². The normalized spacial score (nSPS) is 10.6. The van der Waals surface area contributed by atoms with Crippen LogP contribution in [-0.4, -0.2) is 7.11 Å². The van der Waals surface area contributed by atoms with Crippen LogP contribution in [0.3, 0.4) is 0 Å². The van der Waals surface area contributed by atoms with Gasteiger partial charge >= 0.3 is 0 Å². The first-order chi connectivity index (χ1) is 13.5. The summed E-state index contributed by atoms with van der Waals surface area (Å²) in [6, 6.07) is 16.5. The SMILES string of the molecule is COc1cc(CNc2ccc(Cl)cc2)cc(Cl)c1OCc1ccc(Cl)cc1Cl. The third kappa shape index (κ3) is 5.39. The van der Waals surface area contributed by atoms with Gasteiger partial charge in [-0.1, -0.05) is 52.5 Å². The molecule has 0 bridgehead atoms. The number of nitrogens with one attached hydrogen (secondary N) is 1. The predicted molar refractivity (Wildman–Crippen MR) is 118 cm³/mol. The van der Waals surface area contributed by atoms with Crippen molar-refractivity contribution in [2.75, 3.05) is 12.4 Å². The predicted octanol–water partition coefficient (Wildman–Crippen LogP) is 7.50. The van der Waals surface area contributed by atoms with Crippen LogP contribution >= 0.6 is 46.4 Å². The lowest BCUT2D eigenvalue weighted by molar-refractivity contribution is 0.284. The zero-order chi connectivity index (χ0) is 20.1. The molecule has 3 rings (SSSR count). The van der Waals surface area contributed by atoms with Gasteiger partial charge in [-0.2, -0.15) is 0 Å². The highest BCUT2D eigenvalue weighted by molar-refractivity contribution is 6.35. The van der Waals surface area contributed by atoms with Crippen molar-refractivity contribution < 1.29 is 9.47 Å². The standard InChI is InChI=1S/C21H17Cl4NO2/c1-27-20-9-13(11-26-17-6-4-15(22)5-7-17)8-19(25)21(20)28-12-14-2-3-16(23)10-18(14)24/h2-10,26H,11-12H2,1H3. The van der Waals surface area contributed by atoms with Crippen LogP contribution in [0.15, 0.2) is 54.6 Å². The molecule has 3 nitrogen and oxygen atoms in total. The molecule has 0 atom stereocenters. The molecule has 3 aromatic carbocycles. The second-order valence-corrected chi connectivity index (χ2v) is 7.68. The third-order valence-corrected chi connectivity index (χ3v) is 5.14. The van der Waals surface area contributed by atoms with Gasteiger partial charge in [0.15, 0.2) is 11.5 Å². The summed E-state index contributed by atoms with van der Waals surface area (Å²) < 4.78 is 11.3. The van der Waals surface area contributed by atoms with Crippen LogP contribution < -0.4 is 14.8 Å². The van der Waals surface area contributed by atoms with Crippen LogP contribution in [-0.2, 0) is 13.2 Å².